The van der Waals surface area contributed by atoms with Crippen molar-refractivity contribution in [1.82, 2.24) is 9.55 Å². The Balaban J connectivity index is 2.51. The summed E-state index contributed by atoms with van der Waals surface area (Å²) in [4.78, 5) is 15.4. The fourth-order valence-electron chi connectivity index (χ4n) is 2.30. The maximum absolute atomic E-state index is 10.8. The van der Waals surface area contributed by atoms with E-state index < -0.39 is 5.97 Å². The molecule has 19 heavy (non-hydrogen) atoms. The second-order valence-corrected chi connectivity index (χ2v) is 5.00. The van der Waals surface area contributed by atoms with Gasteiger partial charge < -0.3 is 9.67 Å². The van der Waals surface area contributed by atoms with Crippen molar-refractivity contribution in [2.45, 2.75) is 46.6 Å². The van der Waals surface area contributed by atoms with Crippen molar-refractivity contribution in [3.05, 3.63) is 29.1 Å². The Morgan fingerprint density at radius 2 is 2.00 bits per heavy atom. The van der Waals surface area contributed by atoms with E-state index in [0.29, 0.717) is 6.54 Å². The summed E-state index contributed by atoms with van der Waals surface area (Å²) in [5.41, 5.74) is 4.45. The van der Waals surface area contributed by atoms with Crippen LogP contribution < -0.4 is 0 Å². The fourth-order valence-corrected chi connectivity index (χ4v) is 2.30. The molecule has 0 aliphatic rings. The van der Waals surface area contributed by atoms with Gasteiger partial charge in [-0.25, -0.2) is 4.98 Å². The lowest BCUT2D eigenvalue weighted by Crippen LogP contribution is -2.08. The van der Waals surface area contributed by atoms with Gasteiger partial charge in [0.25, 0.3) is 0 Å². The van der Waals surface area contributed by atoms with Gasteiger partial charge in [-0.15, -0.1) is 0 Å². The number of benzene rings is 1. The molecule has 2 aromatic rings. The van der Waals surface area contributed by atoms with Gasteiger partial charge in [0.2, 0.25) is 0 Å². The minimum atomic E-state index is -0.770. The van der Waals surface area contributed by atoms with Gasteiger partial charge in [0, 0.05) is 13.0 Å². The van der Waals surface area contributed by atoms with Crippen LogP contribution in [0.4, 0.5) is 0 Å². The largest absolute Gasteiger partial charge is 0.481 e. The molecule has 1 aromatic carbocycles. The molecule has 1 heterocycles. The van der Waals surface area contributed by atoms with Crippen LogP contribution in [0.3, 0.4) is 0 Å². The highest BCUT2D eigenvalue weighted by Crippen LogP contribution is 2.22. The van der Waals surface area contributed by atoms with Gasteiger partial charge in [-0.2, -0.15) is 0 Å². The second kappa shape index (κ2) is 5.43. The Morgan fingerprint density at radius 1 is 1.32 bits per heavy atom. The highest BCUT2D eigenvalue weighted by molar-refractivity contribution is 5.78. The number of nitrogens with zero attached hydrogens (tertiary/aromatic N) is 2. The highest BCUT2D eigenvalue weighted by atomic mass is 16.4. The van der Waals surface area contributed by atoms with Crippen molar-refractivity contribution < 1.29 is 9.90 Å². The van der Waals surface area contributed by atoms with Gasteiger partial charge in [-0.1, -0.05) is 6.92 Å². The Morgan fingerprint density at radius 3 is 2.63 bits per heavy atom. The number of imidazole rings is 1. The Labute approximate surface area is 113 Å². The molecule has 0 aliphatic heterocycles. The van der Waals surface area contributed by atoms with Crippen molar-refractivity contribution in [3.63, 3.8) is 0 Å². The topological polar surface area (TPSA) is 55.1 Å². The van der Waals surface area contributed by atoms with E-state index >= 15 is 0 Å². The number of rotatable bonds is 5. The minimum absolute atomic E-state index is 0.134. The number of aliphatic carboxylic acids is 1. The molecule has 4 heteroatoms. The smallest absolute Gasteiger partial charge is 0.305 e. The number of aryl methyl sites for hydroxylation is 4. The van der Waals surface area contributed by atoms with Crippen LogP contribution in [0.2, 0.25) is 0 Å². The number of carboxylic acid groups (broad SMARTS) is 1. The normalized spacial score (nSPS) is 11.1. The maximum atomic E-state index is 10.8. The lowest BCUT2D eigenvalue weighted by Gasteiger charge is -2.08. The summed E-state index contributed by atoms with van der Waals surface area (Å²) in [5.74, 6) is 0.219. The number of hydrogen-bond donors (Lipinski definition) is 1. The summed E-state index contributed by atoms with van der Waals surface area (Å²) < 4.78 is 2.05. The van der Waals surface area contributed by atoms with E-state index in [9.17, 15) is 4.79 Å². The molecular formula is C15H20N2O2. The molecule has 4 nitrogen and oxygen atoms in total. The number of carboxylic acids is 1. The Kier molecular flexibility index (Phi) is 3.88. The van der Waals surface area contributed by atoms with Gasteiger partial charge in [-0.05, 0) is 43.5 Å². The van der Waals surface area contributed by atoms with Gasteiger partial charge >= 0.3 is 5.97 Å². The average molecular weight is 260 g/mol. The molecule has 1 aromatic heterocycles. The van der Waals surface area contributed by atoms with Crippen LogP contribution in [0.1, 0.15) is 36.7 Å². The molecule has 102 valence electrons. The van der Waals surface area contributed by atoms with Crippen LogP contribution >= 0.6 is 0 Å². The third-order valence-electron chi connectivity index (χ3n) is 3.47. The molecule has 0 saturated carbocycles. The van der Waals surface area contributed by atoms with Crippen LogP contribution in [-0.2, 0) is 17.8 Å². The zero-order chi connectivity index (χ0) is 14.0. The van der Waals surface area contributed by atoms with Gasteiger partial charge in [0.15, 0.2) is 0 Å². The summed E-state index contributed by atoms with van der Waals surface area (Å²) in [5, 5.41) is 8.87. The second-order valence-electron chi connectivity index (χ2n) is 5.00. The minimum Gasteiger partial charge on any atom is -0.481 e. The lowest BCUT2D eigenvalue weighted by atomic mass is 10.1. The summed E-state index contributed by atoms with van der Waals surface area (Å²) in [6.07, 6.45) is 2.02. The zero-order valence-corrected chi connectivity index (χ0v) is 11.7. The summed E-state index contributed by atoms with van der Waals surface area (Å²) in [7, 11) is 0. The van der Waals surface area contributed by atoms with E-state index in [1.165, 1.54) is 11.1 Å². The first-order valence-corrected chi connectivity index (χ1v) is 6.71. The Hall–Kier alpha value is -1.84. The number of carbonyl (C=O) groups is 1. The third-order valence-corrected chi connectivity index (χ3v) is 3.47. The molecule has 0 aliphatic carbocycles. The summed E-state index contributed by atoms with van der Waals surface area (Å²) in [6.45, 7) is 6.74. The van der Waals surface area contributed by atoms with Crippen molar-refractivity contribution >= 4 is 17.0 Å². The Bertz CT molecular complexity index is 614. The average Bonchev–Trinajstić information content (AvgIpc) is 2.65. The number of aromatic nitrogens is 2. The van der Waals surface area contributed by atoms with Crippen LogP contribution in [0.25, 0.3) is 11.0 Å². The number of fused-ring (bicyclic) bond motifs is 1. The molecule has 0 atom stereocenters. The standard InChI is InChI=1S/C15H20N2O2/c1-4-5-14-16-12-8-10(2)11(3)9-13(12)17(14)7-6-15(18)19/h8-9H,4-7H2,1-3H3,(H,18,19). The van der Waals surface area contributed by atoms with Crippen molar-refractivity contribution in [3.8, 4) is 0 Å². The highest BCUT2D eigenvalue weighted by Gasteiger charge is 2.12. The molecular weight excluding hydrogens is 240 g/mol. The number of hydrogen-bond acceptors (Lipinski definition) is 2. The van der Waals surface area contributed by atoms with Crippen LogP contribution in [0.5, 0.6) is 0 Å². The predicted molar refractivity (Wildman–Crippen MR) is 75.5 cm³/mol. The zero-order valence-electron chi connectivity index (χ0n) is 11.7. The first-order chi connectivity index (χ1) is 9.02. The van der Waals surface area contributed by atoms with E-state index in [2.05, 4.69) is 42.5 Å². The molecule has 0 radical (unpaired) electrons. The van der Waals surface area contributed by atoms with Crippen LogP contribution in [0.15, 0.2) is 12.1 Å². The molecule has 0 fully saturated rings. The quantitative estimate of drug-likeness (QED) is 0.898. The van der Waals surface area contributed by atoms with Crippen LogP contribution in [-0.4, -0.2) is 20.6 Å². The van der Waals surface area contributed by atoms with E-state index in [4.69, 9.17) is 5.11 Å². The van der Waals surface area contributed by atoms with Gasteiger partial charge in [0.05, 0.1) is 17.5 Å². The molecule has 2 rings (SSSR count). The predicted octanol–water partition coefficient (Wildman–Crippen LogP) is 3.08. The van der Waals surface area contributed by atoms with E-state index in [1.807, 2.05) is 0 Å². The SMILES string of the molecule is CCCc1nc2cc(C)c(C)cc2n1CCC(=O)O. The van der Waals surface area contributed by atoms with Crippen LogP contribution in [0, 0.1) is 13.8 Å². The summed E-state index contributed by atoms with van der Waals surface area (Å²) in [6, 6.07) is 4.19. The van der Waals surface area contributed by atoms with E-state index in [1.54, 1.807) is 0 Å². The van der Waals surface area contributed by atoms with Gasteiger partial charge in [0.1, 0.15) is 5.82 Å². The molecule has 0 spiro atoms. The fraction of sp³-hybridized carbons (Fsp3) is 0.467. The first-order valence-electron chi connectivity index (χ1n) is 6.71. The van der Waals surface area contributed by atoms with Crippen molar-refractivity contribution in [1.29, 1.82) is 0 Å². The summed E-state index contributed by atoms with van der Waals surface area (Å²) >= 11 is 0. The first kappa shape index (κ1) is 13.6. The van der Waals surface area contributed by atoms with Crippen molar-refractivity contribution in [2.24, 2.45) is 0 Å². The molecule has 1 N–H and O–H groups in total. The molecule has 0 saturated heterocycles. The monoisotopic (exact) mass is 260 g/mol. The molecule has 0 unspecified atom stereocenters. The van der Waals surface area contributed by atoms with E-state index in [0.717, 1.165) is 29.7 Å². The molecule has 0 amide bonds. The third kappa shape index (κ3) is 2.78. The van der Waals surface area contributed by atoms with Gasteiger partial charge in [-0.3, -0.25) is 4.79 Å². The van der Waals surface area contributed by atoms with Crippen molar-refractivity contribution in [2.75, 3.05) is 0 Å². The lowest BCUT2D eigenvalue weighted by molar-refractivity contribution is -0.137. The maximum Gasteiger partial charge on any atom is 0.305 e. The van der Waals surface area contributed by atoms with E-state index in [-0.39, 0.29) is 6.42 Å². The molecule has 0 bridgehead atoms.